The van der Waals surface area contributed by atoms with Crippen LogP contribution in [0.25, 0.3) is 27.7 Å². The predicted molar refractivity (Wildman–Crippen MR) is 88.7 cm³/mol. The number of H-pyrrole nitrogens is 1. The molecule has 0 aliphatic rings. The second-order valence-corrected chi connectivity index (χ2v) is 5.53. The van der Waals surface area contributed by atoms with Gasteiger partial charge in [0.15, 0.2) is 17.4 Å². The molecule has 2 aromatic heterocycles. The molecule has 7 heteroatoms. The fourth-order valence-corrected chi connectivity index (χ4v) is 2.69. The van der Waals surface area contributed by atoms with E-state index in [1.165, 1.54) is 10.7 Å². The van der Waals surface area contributed by atoms with E-state index in [0.717, 1.165) is 28.6 Å². The summed E-state index contributed by atoms with van der Waals surface area (Å²) in [6.45, 7) is 0. The van der Waals surface area contributed by atoms with E-state index in [1.54, 1.807) is 24.5 Å². The molecule has 5 nitrogen and oxygen atoms in total. The van der Waals surface area contributed by atoms with Gasteiger partial charge in [-0.05, 0) is 29.3 Å². The van der Waals surface area contributed by atoms with E-state index in [0.29, 0.717) is 5.52 Å². The van der Waals surface area contributed by atoms with E-state index < -0.39 is 17.4 Å². The first-order valence-corrected chi connectivity index (χ1v) is 7.38. The number of aromatic nitrogens is 3. The Hall–Kier alpha value is -3.48. The number of nitrogens with zero attached hydrogens (tertiary/aromatic N) is 2. The van der Waals surface area contributed by atoms with Crippen LogP contribution in [0.3, 0.4) is 0 Å². The number of rotatable bonds is 2. The van der Waals surface area contributed by atoms with Gasteiger partial charge >= 0.3 is 0 Å². The van der Waals surface area contributed by atoms with Gasteiger partial charge in [-0.25, -0.2) is 9.07 Å². The lowest BCUT2D eigenvalue weighted by molar-refractivity contribution is 0.406. The quantitative estimate of drug-likeness (QED) is 0.588. The van der Waals surface area contributed by atoms with Gasteiger partial charge < -0.3 is 10.1 Å². The number of phenolic OH excluding ortho intramolecular Hbond substituents is 1. The molecule has 0 unspecified atom stereocenters. The van der Waals surface area contributed by atoms with Crippen LogP contribution in [0.4, 0.5) is 8.78 Å². The first-order chi connectivity index (χ1) is 12.0. The zero-order chi connectivity index (χ0) is 17.6. The first kappa shape index (κ1) is 15.1. The van der Waals surface area contributed by atoms with Gasteiger partial charge in [-0.1, -0.05) is 6.07 Å². The van der Waals surface area contributed by atoms with Crippen LogP contribution in [0.1, 0.15) is 0 Å². The Balaban J connectivity index is 1.83. The van der Waals surface area contributed by atoms with Gasteiger partial charge in [0, 0.05) is 29.8 Å². The largest absolute Gasteiger partial charge is 0.505 e. The number of benzene rings is 2. The van der Waals surface area contributed by atoms with Gasteiger partial charge in [0.25, 0.3) is 0 Å². The summed E-state index contributed by atoms with van der Waals surface area (Å²) in [6.07, 6.45) is 3.20. The molecule has 124 valence electrons. The van der Waals surface area contributed by atoms with Crippen molar-refractivity contribution in [1.82, 2.24) is 14.8 Å². The third-order valence-electron chi connectivity index (χ3n) is 3.92. The zero-order valence-electron chi connectivity index (χ0n) is 12.7. The highest BCUT2D eigenvalue weighted by Crippen LogP contribution is 2.28. The monoisotopic (exact) mass is 339 g/mol. The lowest BCUT2D eigenvalue weighted by Gasteiger charge is -2.07. The summed E-state index contributed by atoms with van der Waals surface area (Å²) in [7, 11) is 0. The molecule has 0 spiro atoms. The second-order valence-electron chi connectivity index (χ2n) is 5.53. The van der Waals surface area contributed by atoms with E-state index in [1.807, 2.05) is 12.1 Å². The molecule has 0 saturated heterocycles. The molecular weight excluding hydrogens is 328 g/mol. The molecule has 0 aliphatic heterocycles. The summed E-state index contributed by atoms with van der Waals surface area (Å²) < 4.78 is 28.2. The Bertz CT molecular complexity index is 1120. The molecular formula is C18H11F2N3O2. The summed E-state index contributed by atoms with van der Waals surface area (Å²) in [5.74, 6) is -3.22. The van der Waals surface area contributed by atoms with E-state index >= 15 is 0 Å². The minimum absolute atomic E-state index is 0.184. The van der Waals surface area contributed by atoms with E-state index in [-0.39, 0.29) is 11.2 Å². The number of aromatic amines is 1. The highest BCUT2D eigenvalue weighted by atomic mass is 19.2. The Morgan fingerprint density at radius 1 is 1.04 bits per heavy atom. The molecule has 0 radical (unpaired) electrons. The average Bonchev–Trinajstić information content (AvgIpc) is 3.03. The van der Waals surface area contributed by atoms with Crippen molar-refractivity contribution in [1.29, 1.82) is 0 Å². The van der Waals surface area contributed by atoms with Crippen molar-refractivity contribution in [2.45, 2.75) is 0 Å². The van der Waals surface area contributed by atoms with E-state index in [2.05, 4.69) is 10.1 Å². The highest BCUT2D eigenvalue weighted by Gasteiger charge is 2.13. The van der Waals surface area contributed by atoms with Crippen LogP contribution in [-0.4, -0.2) is 19.9 Å². The maximum atomic E-state index is 13.5. The molecule has 2 heterocycles. The van der Waals surface area contributed by atoms with Crippen LogP contribution in [-0.2, 0) is 0 Å². The molecule has 0 saturated carbocycles. The van der Waals surface area contributed by atoms with Crippen LogP contribution in [0.5, 0.6) is 5.75 Å². The van der Waals surface area contributed by atoms with Crippen molar-refractivity contribution in [3.8, 4) is 22.6 Å². The number of fused-ring (bicyclic) bond motifs is 1. The third-order valence-corrected chi connectivity index (χ3v) is 3.92. The molecule has 25 heavy (non-hydrogen) atoms. The first-order valence-electron chi connectivity index (χ1n) is 7.38. The summed E-state index contributed by atoms with van der Waals surface area (Å²) in [5, 5.41) is 14.4. The van der Waals surface area contributed by atoms with Crippen molar-refractivity contribution in [3.63, 3.8) is 0 Å². The number of nitrogens with one attached hydrogen (secondary N) is 1. The third kappa shape index (κ3) is 2.55. The van der Waals surface area contributed by atoms with Gasteiger partial charge in [-0.15, -0.1) is 0 Å². The molecule has 0 atom stereocenters. The average molecular weight is 339 g/mol. The second kappa shape index (κ2) is 5.55. The molecule has 4 aromatic rings. The number of pyridine rings is 1. The van der Waals surface area contributed by atoms with Crippen molar-refractivity contribution < 1.29 is 13.9 Å². The summed E-state index contributed by atoms with van der Waals surface area (Å²) in [6, 6.07) is 10.7. The smallest absolute Gasteiger partial charge is 0.247 e. The number of hydrogen-bond acceptors (Lipinski definition) is 3. The van der Waals surface area contributed by atoms with Crippen molar-refractivity contribution >= 4 is 10.9 Å². The minimum atomic E-state index is -1.29. The molecule has 0 fully saturated rings. The van der Waals surface area contributed by atoms with Gasteiger partial charge in [-0.3, -0.25) is 4.79 Å². The maximum Gasteiger partial charge on any atom is 0.247 e. The summed E-state index contributed by atoms with van der Waals surface area (Å²) in [5.41, 5.74) is 2.40. The van der Waals surface area contributed by atoms with Gasteiger partial charge in [0.2, 0.25) is 5.56 Å². The number of hydrogen-bond donors (Lipinski definition) is 2. The highest BCUT2D eigenvalue weighted by molar-refractivity contribution is 5.85. The maximum absolute atomic E-state index is 13.5. The fourth-order valence-electron chi connectivity index (χ4n) is 2.69. The Kier molecular flexibility index (Phi) is 3.35. The normalized spacial score (nSPS) is 11.1. The van der Waals surface area contributed by atoms with Crippen LogP contribution < -0.4 is 5.56 Å². The predicted octanol–water partition coefficient (Wildman–Crippen LogP) is 3.36. The van der Waals surface area contributed by atoms with E-state index in [9.17, 15) is 18.7 Å². The van der Waals surface area contributed by atoms with Crippen molar-refractivity contribution in [2.24, 2.45) is 0 Å². The Morgan fingerprint density at radius 2 is 1.84 bits per heavy atom. The van der Waals surface area contributed by atoms with Crippen molar-refractivity contribution in [3.05, 3.63) is 76.8 Å². The molecule has 2 aromatic carbocycles. The lowest BCUT2D eigenvalue weighted by atomic mass is 10.1. The van der Waals surface area contributed by atoms with E-state index in [4.69, 9.17) is 0 Å². The Labute approximate surface area is 139 Å². The SMILES string of the molecule is O=c1ccc(-c2ccc3c(cnn3-c3cc(O)c(F)c(F)c3)c2)c[nH]1. The summed E-state index contributed by atoms with van der Waals surface area (Å²) in [4.78, 5) is 13.8. The standard InChI is InChI=1S/C18H11F2N3O2/c19-14-6-13(7-16(24)18(14)20)23-15-3-1-10(5-12(15)9-22-23)11-2-4-17(25)21-8-11/h1-9,24H,(H,21,25). The minimum Gasteiger partial charge on any atom is -0.505 e. The van der Waals surface area contributed by atoms with Gasteiger partial charge in [0.1, 0.15) is 0 Å². The molecule has 2 N–H and O–H groups in total. The van der Waals surface area contributed by atoms with Crippen LogP contribution in [0.2, 0.25) is 0 Å². The van der Waals surface area contributed by atoms with Crippen LogP contribution in [0, 0.1) is 11.6 Å². The molecule has 0 aliphatic carbocycles. The summed E-state index contributed by atoms with van der Waals surface area (Å²) >= 11 is 0. The molecule has 0 bridgehead atoms. The number of halogens is 2. The fraction of sp³-hybridized carbons (Fsp3) is 0. The van der Waals surface area contributed by atoms with Gasteiger partial charge in [-0.2, -0.15) is 9.49 Å². The molecule has 4 rings (SSSR count). The number of aromatic hydroxyl groups is 1. The number of phenols is 1. The van der Waals surface area contributed by atoms with Gasteiger partial charge in [0.05, 0.1) is 17.4 Å². The van der Waals surface area contributed by atoms with Crippen LogP contribution >= 0.6 is 0 Å². The van der Waals surface area contributed by atoms with Crippen LogP contribution in [0.15, 0.2) is 59.7 Å². The lowest BCUT2D eigenvalue weighted by Crippen LogP contribution is -2.01. The Morgan fingerprint density at radius 3 is 2.56 bits per heavy atom. The molecule has 0 amide bonds. The topological polar surface area (TPSA) is 70.9 Å². The van der Waals surface area contributed by atoms with Crippen molar-refractivity contribution in [2.75, 3.05) is 0 Å². The zero-order valence-corrected chi connectivity index (χ0v) is 12.7.